The molecule has 1 N–H and O–H groups in total. The normalized spacial score (nSPS) is 12.5. The summed E-state index contributed by atoms with van der Waals surface area (Å²) in [7, 11) is 0. The number of halogens is 2. The van der Waals surface area contributed by atoms with Crippen molar-refractivity contribution in [2.24, 2.45) is 0 Å². The first kappa shape index (κ1) is 12.8. The summed E-state index contributed by atoms with van der Waals surface area (Å²) in [5.74, 6) is 0. The summed E-state index contributed by atoms with van der Waals surface area (Å²) in [6.07, 6.45) is 5.30. The molecule has 0 aromatic carbocycles. The Morgan fingerprint density at radius 2 is 2.33 bits per heavy atom. The van der Waals surface area contributed by atoms with Crippen LogP contribution in [0.5, 0.6) is 0 Å². The Morgan fingerprint density at radius 3 is 3.00 bits per heavy atom. The number of pyridine rings is 1. The summed E-state index contributed by atoms with van der Waals surface area (Å²) in [6, 6.07) is 2.39. The van der Waals surface area contributed by atoms with E-state index < -0.39 is 0 Å². The second-order valence-electron chi connectivity index (χ2n) is 3.68. The zero-order chi connectivity index (χ0) is 11.3. The fourth-order valence-electron chi connectivity index (χ4n) is 1.37. The molecule has 0 bridgehead atoms. The first-order valence-corrected chi connectivity index (χ1v) is 6.38. The van der Waals surface area contributed by atoms with E-state index in [1.165, 1.54) is 12.8 Å². The molecule has 1 unspecified atom stereocenters. The first-order chi connectivity index (χ1) is 7.13. The van der Waals surface area contributed by atoms with E-state index in [0.717, 1.165) is 16.6 Å². The van der Waals surface area contributed by atoms with E-state index in [4.69, 9.17) is 11.6 Å². The second-order valence-corrected chi connectivity index (χ2v) is 4.95. The van der Waals surface area contributed by atoms with Gasteiger partial charge in [-0.25, -0.2) is 4.98 Å². The van der Waals surface area contributed by atoms with Gasteiger partial charge in [0.05, 0.1) is 5.69 Å². The quantitative estimate of drug-likeness (QED) is 0.809. The van der Waals surface area contributed by atoms with Crippen LogP contribution >= 0.6 is 27.5 Å². The highest BCUT2D eigenvalue weighted by atomic mass is 79.9. The lowest BCUT2D eigenvalue weighted by molar-refractivity contribution is 0.645. The van der Waals surface area contributed by atoms with Crippen LogP contribution in [0.15, 0.2) is 16.7 Å². The fourth-order valence-corrected chi connectivity index (χ4v) is 1.86. The molecule has 4 heteroatoms. The predicted molar refractivity (Wildman–Crippen MR) is 69.6 cm³/mol. The van der Waals surface area contributed by atoms with Gasteiger partial charge in [0.2, 0.25) is 0 Å². The monoisotopic (exact) mass is 290 g/mol. The lowest BCUT2D eigenvalue weighted by Crippen LogP contribution is -2.15. The van der Waals surface area contributed by atoms with Gasteiger partial charge in [0, 0.05) is 16.7 Å². The summed E-state index contributed by atoms with van der Waals surface area (Å²) >= 11 is 9.36. The van der Waals surface area contributed by atoms with Crippen molar-refractivity contribution in [1.29, 1.82) is 0 Å². The maximum absolute atomic E-state index is 5.98. The van der Waals surface area contributed by atoms with Gasteiger partial charge in [0.1, 0.15) is 0 Å². The molecule has 2 nitrogen and oxygen atoms in total. The largest absolute Gasteiger partial charge is 0.380 e. The SMILES string of the molecule is CCCCC(C)Nc1cc(Br)cnc1Cl. The zero-order valence-corrected chi connectivity index (χ0v) is 11.4. The molecule has 1 atom stereocenters. The van der Waals surface area contributed by atoms with E-state index in [2.05, 4.69) is 40.1 Å². The summed E-state index contributed by atoms with van der Waals surface area (Å²) in [4.78, 5) is 4.07. The lowest BCUT2D eigenvalue weighted by atomic mass is 10.1. The Bertz CT molecular complexity index is 317. The predicted octanol–water partition coefficient (Wildman–Crippen LogP) is 4.49. The highest BCUT2D eigenvalue weighted by Crippen LogP contribution is 2.24. The highest BCUT2D eigenvalue weighted by Gasteiger charge is 2.06. The maximum Gasteiger partial charge on any atom is 0.152 e. The summed E-state index contributed by atoms with van der Waals surface area (Å²) in [5.41, 5.74) is 0.898. The van der Waals surface area contributed by atoms with Crippen molar-refractivity contribution < 1.29 is 0 Å². The van der Waals surface area contributed by atoms with Crippen LogP contribution in [0.1, 0.15) is 33.1 Å². The Kier molecular flexibility index (Phi) is 5.40. The van der Waals surface area contributed by atoms with Gasteiger partial charge in [-0.1, -0.05) is 31.4 Å². The number of hydrogen-bond donors (Lipinski definition) is 1. The molecule has 0 fully saturated rings. The van der Waals surface area contributed by atoms with Gasteiger partial charge < -0.3 is 5.32 Å². The van der Waals surface area contributed by atoms with Crippen LogP contribution in [0.3, 0.4) is 0 Å². The average Bonchev–Trinajstić information content (AvgIpc) is 2.20. The number of aromatic nitrogens is 1. The van der Waals surface area contributed by atoms with Crippen molar-refractivity contribution in [3.05, 3.63) is 21.9 Å². The number of hydrogen-bond acceptors (Lipinski definition) is 2. The standard InChI is InChI=1S/C11H16BrClN2/c1-3-4-5-8(2)15-10-6-9(12)7-14-11(10)13/h6-8,15H,3-5H2,1-2H3. The van der Waals surface area contributed by atoms with Crippen LogP contribution < -0.4 is 5.32 Å². The number of nitrogens with one attached hydrogen (secondary N) is 1. The maximum atomic E-state index is 5.98. The molecule has 0 aliphatic heterocycles. The molecule has 1 rings (SSSR count). The third kappa shape index (κ3) is 4.39. The smallest absolute Gasteiger partial charge is 0.152 e. The van der Waals surface area contributed by atoms with Crippen molar-refractivity contribution >= 4 is 33.2 Å². The number of anilines is 1. The molecule has 0 spiro atoms. The van der Waals surface area contributed by atoms with Crippen LogP contribution in [0.25, 0.3) is 0 Å². The number of nitrogens with zero attached hydrogens (tertiary/aromatic N) is 1. The van der Waals surface area contributed by atoms with E-state index in [1.807, 2.05) is 6.07 Å². The van der Waals surface area contributed by atoms with E-state index in [9.17, 15) is 0 Å². The van der Waals surface area contributed by atoms with Crippen molar-refractivity contribution in [1.82, 2.24) is 4.98 Å². The average molecular weight is 292 g/mol. The van der Waals surface area contributed by atoms with Crippen molar-refractivity contribution in [2.45, 2.75) is 39.2 Å². The minimum absolute atomic E-state index is 0.429. The van der Waals surface area contributed by atoms with Crippen molar-refractivity contribution in [2.75, 3.05) is 5.32 Å². The van der Waals surface area contributed by atoms with Gasteiger partial charge >= 0.3 is 0 Å². The zero-order valence-electron chi connectivity index (χ0n) is 9.06. The van der Waals surface area contributed by atoms with E-state index in [-0.39, 0.29) is 0 Å². The Balaban J connectivity index is 2.59. The number of rotatable bonds is 5. The molecule has 0 amide bonds. The molecule has 0 aliphatic carbocycles. The molecule has 0 saturated heterocycles. The van der Waals surface area contributed by atoms with Gasteiger partial charge in [-0.3, -0.25) is 0 Å². The molecule has 1 heterocycles. The molecule has 1 aromatic rings. The second kappa shape index (κ2) is 6.33. The van der Waals surface area contributed by atoms with E-state index in [1.54, 1.807) is 6.20 Å². The third-order valence-electron chi connectivity index (χ3n) is 2.20. The van der Waals surface area contributed by atoms with Gasteiger partial charge in [-0.15, -0.1) is 0 Å². The summed E-state index contributed by atoms with van der Waals surface area (Å²) in [5, 5.41) is 3.89. The third-order valence-corrected chi connectivity index (χ3v) is 2.93. The number of unbranched alkanes of at least 4 members (excludes halogenated alkanes) is 1. The van der Waals surface area contributed by atoms with Crippen molar-refractivity contribution in [3.63, 3.8) is 0 Å². The summed E-state index contributed by atoms with van der Waals surface area (Å²) in [6.45, 7) is 4.35. The van der Waals surface area contributed by atoms with Crippen molar-refractivity contribution in [3.8, 4) is 0 Å². The molecule has 84 valence electrons. The summed E-state index contributed by atoms with van der Waals surface area (Å²) < 4.78 is 0.942. The molecular formula is C11H16BrClN2. The van der Waals surface area contributed by atoms with Gasteiger partial charge in [0.15, 0.2) is 5.15 Å². The molecule has 15 heavy (non-hydrogen) atoms. The molecule has 0 saturated carbocycles. The highest BCUT2D eigenvalue weighted by molar-refractivity contribution is 9.10. The van der Waals surface area contributed by atoms with Crippen LogP contribution in [-0.2, 0) is 0 Å². The van der Waals surface area contributed by atoms with Crippen LogP contribution in [-0.4, -0.2) is 11.0 Å². The Labute approximate surface area is 105 Å². The van der Waals surface area contributed by atoms with E-state index in [0.29, 0.717) is 11.2 Å². The lowest BCUT2D eigenvalue weighted by Gasteiger charge is -2.15. The first-order valence-electron chi connectivity index (χ1n) is 5.21. The van der Waals surface area contributed by atoms with E-state index >= 15 is 0 Å². The molecule has 1 aromatic heterocycles. The molecule has 0 aliphatic rings. The minimum atomic E-state index is 0.429. The van der Waals surface area contributed by atoms with Crippen LogP contribution in [0.4, 0.5) is 5.69 Å². The van der Waals surface area contributed by atoms with Gasteiger partial charge in [-0.05, 0) is 35.3 Å². The minimum Gasteiger partial charge on any atom is -0.380 e. The van der Waals surface area contributed by atoms with Gasteiger partial charge in [0.25, 0.3) is 0 Å². The molecular weight excluding hydrogens is 275 g/mol. The van der Waals surface area contributed by atoms with Crippen LogP contribution in [0.2, 0.25) is 5.15 Å². The topological polar surface area (TPSA) is 24.9 Å². The molecule has 0 radical (unpaired) electrons. The van der Waals surface area contributed by atoms with Crippen LogP contribution in [0, 0.1) is 0 Å². The van der Waals surface area contributed by atoms with Gasteiger partial charge in [-0.2, -0.15) is 0 Å². The fraction of sp³-hybridized carbons (Fsp3) is 0.545. The Morgan fingerprint density at radius 1 is 1.60 bits per heavy atom. The Hall–Kier alpha value is -0.280.